The summed E-state index contributed by atoms with van der Waals surface area (Å²) in [5, 5.41) is 9.01. The van der Waals surface area contributed by atoms with E-state index in [1.54, 1.807) is 0 Å². The van der Waals surface area contributed by atoms with Gasteiger partial charge in [0.2, 0.25) is 0 Å². The van der Waals surface area contributed by atoms with Gasteiger partial charge in [-0.25, -0.2) is 0 Å². The van der Waals surface area contributed by atoms with Crippen LogP contribution in [0.25, 0.3) is 0 Å². The summed E-state index contributed by atoms with van der Waals surface area (Å²) in [7, 11) is 2.05. The lowest BCUT2D eigenvalue weighted by molar-refractivity contribution is 0.250. The molecule has 1 rings (SSSR count). The summed E-state index contributed by atoms with van der Waals surface area (Å²) in [5.41, 5.74) is 1.14. The van der Waals surface area contributed by atoms with E-state index >= 15 is 0 Å². The van der Waals surface area contributed by atoms with Gasteiger partial charge in [0.05, 0.1) is 0 Å². The molecular formula is C12H18BrNO. The van der Waals surface area contributed by atoms with E-state index in [1.165, 1.54) is 0 Å². The van der Waals surface area contributed by atoms with E-state index in [0.717, 1.165) is 16.6 Å². The van der Waals surface area contributed by atoms with Gasteiger partial charge in [0.15, 0.2) is 0 Å². The lowest BCUT2D eigenvalue weighted by atomic mass is 9.98. The molecule has 0 aliphatic carbocycles. The Morgan fingerprint density at radius 1 is 1.27 bits per heavy atom. The molecule has 1 aromatic carbocycles. The molecule has 0 aliphatic heterocycles. The van der Waals surface area contributed by atoms with Crippen LogP contribution < -0.4 is 4.90 Å². The highest BCUT2D eigenvalue weighted by Gasteiger charge is 2.22. The fourth-order valence-electron chi connectivity index (χ4n) is 1.46. The summed E-state index contributed by atoms with van der Waals surface area (Å²) in [6.07, 6.45) is 0.763. The molecule has 0 unspecified atom stereocenters. The average Bonchev–Trinajstić information content (AvgIpc) is 2.18. The van der Waals surface area contributed by atoms with Gasteiger partial charge in [0, 0.05) is 29.4 Å². The minimum Gasteiger partial charge on any atom is -0.396 e. The van der Waals surface area contributed by atoms with Crippen molar-refractivity contribution in [2.75, 3.05) is 18.6 Å². The van der Waals surface area contributed by atoms with Gasteiger partial charge in [0.25, 0.3) is 0 Å². The molecule has 84 valence electrons. The number of nitrogens with zero attached hydrogens (tertiary/aromatic N) is 1. The zero-order valence-corrected chi connectivity index (χ0v) is 11.1. The minimum absolute atomic E-state index is 0.0252. The lowest BCUT2D eigenvalue weighted by Crippen LogP contribution is -2.41. The Hall–Kier alpha value is -0.540. The third kappa shape index (κ3) is 3.21. The predicted octanol–water partition coefficient (Wildman–Crippen LogP) is 3.05. The zero-order valence-electron chi connectivity index (χ0n) is 9.50. The molecular weight excluding hydrogens is 254 g/mol. The van der Waals surface area contributed by atoms with Crippen molar-refractivity contribution < 1.29 is 5.11 Å². The third-order valence-corrected chi connectivity index (χ3v) is 3.37. The number of hydrogen-bond acceptors (Lipinski definition) is 2. The van der Waals surface area contributed by atoms with Crippen molar-refractivity contribution in [1.29, 1.82) is 0 Å². The molecule has 3 heteroatoms. The maximum atomic E-state index is 9.01. The molecule has 0 saturated carbocycles. The third-order valence-electron chi connectivity index (χ3n) is 2.85. The predicted molar refractivity (Wildman–Crippen MR) is 68.3 cm³/mol. The number of aliphatic hydroxyl groups excluding tert-OH is 1. The van der Waals surface area contributed by atoms with Crippen molar-refractivity contribution in [2.24, 2.45) is 0 Å². The van der Waals surface area contributed by atoms with Gasteiger partial charge in [-0.15, -0.1) is 0 Å². The van der Waals surface area contributed by atoms with E-state index in [1.807, 2.05) is 12.1 Å². The molecule has 2 nitrogen and oxygen atoms in total. The van der Waals surface area contributed by atoms with Crippen LogP contribution in [-0.2, 0) is 0 Å². The number of halogens is 1. The maximum Gasteiger partial charge on any atom is 0.0453 e. The molecule has 0 aromatic heterocycles. The molecule has 0 aliphatic rings. The van der Waals surface area contributed by atoms with Gasteiger partial charge >= 0.3 is 0 Å². The second-order valence-electron chi connectivity index (χ2n) is 4.32. The highest BCUT2D eigenvalue weighted by atomic mass is 79.9. The molecule has 0 radical (unpaired) electrons. The van der Waals surface area contributed by atoms with Crippen LogP contribution >= 0.6 is 15.9 Å². The Morgan fingerprint density at radius 2 is 1.80 bits per heavy atom. The van der Waals surface area contributed by atoms with Crippen molar-refractivity contribution in [3.05, 3.63) is 28.7 Å². The molecule has 0 heterocycles. The second kappa shape index (κ2) is 4.99. The fourth-order valence-corrected chi connectivity index (χ4v) is 1.72. The number of rotatable bonds is 4. The first-order chi connectivity index (χ1) is 6.97. The molecule has 15 heavy (non-hydrogen) atoms. The summed E-state index contributed by atoms with van der Waals surface area (Å²) in [6, 6.07) is 8.20. The first-order valence-electron chi connectivity index (χ1n) is 5.07. The Labute approximate surface area is 100 Å². The first kappa shape index (κ1) is 12.5. The number of benzene rings is 1. The lowest BCUT2D eigenvalue weighted by Gasteiger charge is -2.37. The van der Waals surface area contributed by atoms with Crippen LogP contribution in [0, 0.1) is 0 Å². The SMILES string of the molecule is CN(c1ccc(Br)cc1)C(C)(C)CCO. The van der Waals surface area contributed by atoms with Gasteiger partial charge in [-0.3, -0.25) is 0 Å². The van der Waals surface area contributed by atoms with Crippen LogP contribution in [0.3, 0.4) is 0 Å². The number of aliphatic hydroxyl groups is 1. The van der Waals surface area contributed by atoms with Crippen LogP contribution in [0.5, 0.6) is 0 Å². The van der Waals surface area contributed by atoms with Crippen LogP contribution in [0.2, 0.25) is 0 Å². The number of hydrogen-bond donors (Lipinski definition) is 1. The van der Waals surface area contributed by atoms with E-state index in [2.05, 4.69) is 53.9 Å². The molecule has 0 fully saturated rings. The normalized spacial score (nSPS) is 11.5. The smallest absolute Gasteiger partial charge is 0.0453 e. The quantitative estimate of drug-likeness (QED) is 0.910. The average molecular weight is 272 g/mol. The number of anilines is 1. The van der Waals surface area contributed by atoms with Gasteiger partial charge in [-0.05, 0) is 44.5 Å². The van der Waals surface area contributed by atoms with E-state index < -0.39 is 0 Å². The van der Waals surface area contributed by atoms with E-state index in [0.29, 0.717) is 0 Å². The van der Waals surface area contributed by atoms with Gasteiger partial charge in [-0.1, -0.05) is 15.9 Å². The summed E-state index contributed by atoms with van der Waals surface area (Å²) >= 11 is 3.42. The Balaban J connectivity index is 2.84. The molecule has 1 aromatic rings. The van der Waals surface area contributed by atoms with Crippen molar-refractivity contribution in [3.8, 4) is 0 Å². The summed E-state index contributed by atoms with van der Waals surface area (Å²) in [4.78, 5) is 2.19. The van der Waals surface area contributed by atoms with Crippen LogP contribution in [0.4, 0.5) is 5.69 Å². The molecule has 1 N–H and O–H groups in total. The summed E-state index contributed by atoms with van der Waals surface area (Å²) in [5.74, 6) is 0. The second-order valence-corrected chi connectivity index (χ2v) is 5.24. The van der Waals surface area contributed by atoms with Gasteiger partial charge < -0.3 is 10.0 Å². The highest BCUT2D eigenvalue weighted by molar-refractivity contribution is 9.10. The molecule has 0 atom stereocenters. The van der Waals surface area contributed by atoms with Crippen LogP contribution in [0.15, 0.2) is 28.7 Å². The molecule has 0 spiro atoms. The Kier molecular flexibility index (Phi) is 4.17. The molecule has 0 amide bonds. The van der Waals surface area contributed by atoms with Crippen LogP contribution in [0.1, 0.15) is 20.3 Å². The largest absolute Gasteiger partial charge is 0.396 e. The van der Waals surface area contributed by atoms with Gasteiger partial charge in [0.1, 0.15) is 0 Å². The van der Waals surface area contributed by atoms with Gasteiger partial charge in [-0.2, -0.15) is 0 Å². The Morgan fingerprint density at radius 3 is 2.27 bits per heavy atom. The standard InChI is InChI=1S/C12H18BrNO/c1-12(2,8-9-15)14(3)11-6-4-10(13)5-7-11/h4-7,15H,8-9H2,1-3H3. The van der Waals surface area contributed by atoms with Crippen molar-refractivity contribution >= 4 is 21.6 Å². The van der Waals surface area contributed by atoms with E-state index in [4.69, 9.17) is 5.11 Å². The molecule has 0 bridgehead atoms. The first-order valence-corrected chi connectivity index (χ1v) is 5.87. The summed E-state index contributed by atoms with van der Waals surface area (Å²) in [6.45, 7) is 4.48. The topological polar surface area (TPSA) is 23.5 Å². The minimum atomic E-state index is -0.0252. The van der Waals surface area contributed by atoms with E-state index in [-0.39, 0.29) is 12.1 Å². The van der Waals surface area contributed by atoms with Crippen molar-refractivity contribution in [3.63, 3.8) is 0 Å². The monoisotopic (exact) mass is 271 g/mol. The van der Waals surface area contributed by atoms with E-state index in [9.17, 15) is 0 Å². The zero-order chi connectivity index (χ0) is 11.5. The maximum absolute atomic E-state index is 9.01. The van der Waals surface area contributed by atoms with Crippen molar-refractivity contribution in [2.45, 2.75) is 25.8 Å². The van der Waals surface area contributed by atoms with Crippen LogP contribution in [-0.4, -0.2) is 24.3 Å². The molecule has 0 saturated heterocycles. The Bertz CT molecular complexity index is 308. The van der Waals surface area contributed by atoms with Crippen molar-refractivity contribution in [1.82, 2.24) is 0 Å². The highest BCUT2D eigenvalue weighted by Crippen LogP contribution is 2.25. The fraction of sp³-hybridized carbons (Fsp3) is 0.500. The summed E-state index contributed by atoms with van der Waals surface area (Å²) < 4.78 is 1.08.